The fourth-order valence-electron chi connectivity index (χ4n) is 3.92. The second-order valence-electron chi connectivity index (χ2n) is 7.98. The summed E-state index contributed by atoms with van der Waals surface area (Å²) in [4.78, 5) is 15.8. The van der Waals surface area contributed by atoms with E-state index in [1.807, 2.05) is 12.3 Å². The minimum atomic E-state index is -5.08. The summed E-state index contributed by atoms with van der Waals surface area (Å²) >= 11 is 2.13. The minimum Gasteiger partial charge on any atom is -0.475 e. The zero-order valence-corrected chi connectivity index (χ0v) is 17.5. The predicted molar refractivity (Wildman–Crippen MR) is 106 cm³/mol. The van der Waals surface area contributed by atoms with Gasteiger partial charge in [-0.15, -0.1) is 11.8 Å². The van der Waals surface area contributed by atoms with Crippen LogP contribution in [0.1, 0.15) is 25.0 Å². The Labute approximate surface area is 178 Å². The molecule has 1 atom stereocenters. The standard InChI is InChI=1S/C18H26N2O2S.C2HF3O2/c1-2-6-19-16(3-1)10-20-13-18(14-20)9-17(12-23-18)22-11-15-4-7-21-8-5-15;3-2(4,5)1(6)7/h1-3,6,15,17H,4-5,7-14H2;(H,6,7). The first-order chi connectivity index (χ1) is 14.3. The van der Waals surface area contributed by atoms with Crippen molar-refractivity contribution in [1.29, 1.82) is 0 Å². The number of carboxylic acids is 1. The van der Waals surface area contributed by atoms with Crippen molar-refractivity contribution in [2.75, 3.05) is 38.7 Å². The molecule has 0 aromatic carbocycles. The van der Waals surface area contributed by atoms with E-state index in [4.69, 9.17) is 19.4 Å². The molecule has 1 N–H and O–H groups in total. The van der Waals surface area contributed by atoms with E-state index >= 15 is 0 Å². The second-order valence-corrected chi connectivity index (χ2v) is 9.47. The first-order valence-electron chi connectivity index (χ1n) is 10.0. The Kier molecular flexibility index (Phi) is 8.00. The van der Waals surface area contributed by atoms with Crippen molar-refractivity contribution >= 4 is 17.7 Å². The summed E-state index contributed by atoms with van der Waals surface area (Å²) in [5.41, 5.74) is 1.18. The number of likely N-dealkylation sites (tertiary alicyclic amines) is 1. The van der Waals surface area contributed by atoms with E-state index in [0.29, 0.717) is 16.8 Å². The molecule has 3 saturated heterocycles. The topological polar surface area (TPSA) is 71.9 Å². The molecule has 4 heterocycles. The number of pyridine rings is 1. The number of alkyl halides is 3. The number of ether oxygens (including phenoxy) is 2. The Hall–Kier alpha value is -1.36. The van der Waals surface area contributed by atoms with Crippen LogP contribution in [-0.4, -0.2) is 76.7 Å². The average Bonchev–Trinajstić information content (AvgIpc) is 3.12. The molecule has 6 nitrogen and oxygen atoms in total. The van der Waals surface area contributed by atoms with Crippen molar-refractivity contribution in [3.63, 3.8) is 0 Å². The monoisotopic (exact) mass is 448 g/mol. The highest BCUT2D eigenvalue weighted by molar-refractivity contribution is 8.01. The maximum absolute atomic E-state index is 10.6. The van der Waals surface area contributed by atoms with Gasteiger partial charge >= 0.3 is 12.1 Å². The molecule has 1 aromatic rings. The van der Waals surface area contributed by atoms with Gasteiger partial charge in [0.1, 0.15) is 0 Å². The van der Waals surface area contributed by atoms with Crippen LogP contribution >= 0.6 is 11.8 Å². The molecule has 4 rings (SSSR count). The number of rotatable bonds is 5. The van der Waals surface area contributed by atoms with Crippen LogP contribution < -0.4 is 0 Å². The Morgan fingerprint density at radius 2 is 2.03 bits per heavy atom. The van der Waals surface area contributed by atoms with E-state index in [2.05, 4.69) is 33.8 Å². The molecule has 1 spiro atoms. The molecule has 10 heteroatoms. The summed E-state index contributed by atoms with van der Waals surface area (Å²) in [7, 11) is 0. The van der Waals surface area contributed by atoms with Gasteiger partial charge in [-0.3, -0.25) is 9.88 Å². The molecule has 3 fully saturated rings. The van der Waals surface area contributed by atoms with Crippen molar-refractivity contribution in [3.05, 3.63) is 30.1 Å². The highest BCUT2D eigenvalue weighted by Gasteiger charge is 2.49. The lowest BCUT2D eigenvalue weighted by Crippen LogP contribution is -2.58. The van der Waals surface area contributed by atoms with Gasteiger partial charge in [0.15, 0.2) is 0 Å². The van der Waals surface area contributed by atoms with Crippen molar-refractivity contribution in [1.82, 2.24) is 9.88 Å². The van der Waals surface area contributed by atoms with Crippen LogP contribution in [0.2, 0.25) is 0 Å². The SMILES string of the molecule is O=C(O)C(F)(F)F.c1ccc(CN2CC3(CC(OCC4CCOCC4)CS3)C2)nc1. The Balaban J connectivity index is 0.000000318. The maximum Gasteiger partial charge on any atom is 0.490 e. The number of thioether (sulfide) groups is 1. The van der Waals surface area contributed by atoms with Crippen LogP contribution in [0.3, 0.4) is 0 Å². The highest BCUT2D eigenvalue weighted by atomic mass is 32.2. The number of aliphatic carboxylic acids is 1. The molecular weight excluding hydrogens is 421 g/mol. The Morgan fingerprint density at radius 1 is 1.33 bits per heavy atom. The quantitative estimate of drug-likeness (QED) is 0.742. The molecular formula is C20H27F3N2O4S. The van der Waals surface area contributed by atoms with Crippen molar-refractivity contribution in [3.8, 4) is 0 Å². The normalized spacial score (nSPS) is 24.2. The van der Waals surface area contributed by atoms with Gasteiger partial charge in [0.2, 0.25) is 0 Å². The number of nitrogens with zero attached hydrogens (tertiary/aromatic N) is 2. The van der Waals surface area contributed by atoms with Crippen LogP contribution in [-0.2, 0) is 20.8 Å². The highest BCUT2D eigenvalue weighted by Crippen LogP contribution is 2.46. The summed E-state index contributed by atoms with van der Waals surface area (Å²) in [6, 6.07) is 6.17. The number of hydrogen-bond donors (Lipinski definition) is 1. The largest absolute Gasteiger partial charge is 0.490 e. The van der Waals surface area contributed by atoms with Gasteiger partial charge in [0.05, 0.1) is 11.8 Å². The number of carbonyl (C=O) groups is 1. The van der Waals surface area contributed by atoms with E-state index in [9.17, 15) is 13.2 Å². The lowest BCUT2D eigenvalue weighted by molar-refractivity contribution is -0.192. The molecule has 0 radical (unpaired) electrons. The molecule has 0 saturated carbocycles. The molecule has 3 aliphatic heterocycles. The molecule has 0 aliphatic carbocycles. The van der Waals surface area contributed by atoms with E-state index in [1.165, 1.54) is 43.8 Å². The second kappa shape index (κ2) is 10.3. The van der Waals surface area contributed by atoms with E-state index < -0.39 is 12.1 Å². The zero-order chi connectivity index (χ0) is 21.6. The molecule has 168 valence electrons. The van der Waals surface area contributed by atoms with Crippen LogP contribution in [0.4, 0.5) is 13.2 Å². The molecule has 3 aliphatic rings. The summed E-state index contributed by atoms with van der Waals surface area (Å²) < 4.78 is 43.8. The first kappa shape index (κ1) is 23.3. The molecule has 0 amide bonds. The fraction of sp³-hybridized carbons (Fsp3) is 0.700. The summed E-state index contributed by atoms with van der Waals surface area (Å²) in [5.74, 6) is -0.875. The molecule has 0 bridgehead atoms. The summed E-state index contributed by atoms with van der Waals surface area (Å²) in [6.45, 7) is 6.12. The van der Waals surface area contributed by atoms with E-state index in [1.54, 1.807) is 0 Å². The Bertz CT molecular complexity index is 680. The van der Waals surface area contributed by atoms with Gasteiger partial charge in [-0.05, 0) is 37.3 Å². The third-order valence-corrected chi connectivity index (χ3v) is 7.04. The molecule has 1 aromatic heterocycles. The van der Waals surface area contributed by atoms with Gasteiger partial charge in [0.25, 0.3) is 0 Å². The average molecular weight is 449 g/mol. The van der Waals surface area contributed by atoms with Gasteiger partial charge in [0, 0.05) is 56.2 Å². The lowest BCUT2D eigenvalue weighted by Gasteiger charge is -2.47. The molecule has 1 unspecified atom stereocenters. The predicted octanol–water partition coefficient (Wildman–Crippen LogP) is 3.22. The van der Waals surface area contributed by atoms with Crippen molar-refractivity contribution in [2.45, 2.75) is 42.8 Å². The smallest absolute Gasteiger partial charge is 0.475 e. The summed E-state index contributed by atoms with van der Waals surface area (Å²) in [5, 5.41) is 7.12. The summed E-state index contributed by atoms with van der Waals surface area (Å²) in [6.07, 6.45) is 0.820. The van der Waals surface area contributed by atoms with Crippen LogP contribution in [0.5, 0.6) is 0 Å². The molecule has 30 heavy (non-hydrogen) atoms. The van der Waals surface area contributed by atoms with E-state index in [-0.39, 0.29) is 0 Å². The van der Waals surface area contributed by atoms with Gasteiger partial charge in [-0.25, -0.2) is 4.79 Å². The van der Waals surface area contributed by atoms with E-state index in [0.717, 1.165) is 26.4 Å². The van der Waals surface area contributed by atoms with Gasteiger partial charge in [-0.1, -0.05) is 6.07 Å². The number of aromatic nitrogens is 1. The van der Waals surface area contributed by atoms with Gasteiger partial charge < -0.3 is 14.6 Å². The Morgan fingerprint density at radius 3 is 2.63 bits per heavy atom. The fourth-order valence-corrected chi connectivity index (χ4v) is 5.52. The number of halogens is 3. The third-order valence-electron chi connectivity index (χ3n) is 5.46. The number of carboxylic acid groups (broad SMARTS) is 1. The zero-order valence-electron chi connectivity index (χ0n) is 16.6. The van der Waals surface area contributed by atoms with Crippen LogP contribution in [0.25, 0.3) is 0 Å². The van der Waals surface area contributed by atoms with Crippen LogP contribution in [0.15, 0.2) is 24.4 Å². The number of hydrogen-bond acceptors (Lipinski definition) is 6. The minimum absolute atomic E-state index is 0.453. The third kappa shape index (κ3) is 6.83. The maximum atomic E-state index is 10.6. The lowest BCUT2D eigenvalue weighted by atomic mass is 9.92. The van der Waals surface area contributed by atoms with Gasteiger partial charge in [-0.2, -0.15) is 13.2 Å². The van der Waals surface area contributed by atoms with Crippen molar-refractivity contribution in [2.24, 2.45) is 5.92 Å². The van der Waals surface area contributed by atoms with Crippen molar-refractivity contribution < 1.29 is 32.5 Å². The van der Waals surface area contributed by atoms with Crippen LogP contribution in [0, 0.1) is 5.92 Å². The first-order valence-corrected chi connectivity index (χ1v) is 11.0.